The highest BCUT2D eigenvalue weighted by molar-refractivity contribution is 6.18. The van der Waals surface area contributed by atoms with Crippen molar-refractivity contribution in [1.82, 2.24) is 4.90 Å². The summed E-state index contributed by atoms with van der Waals surface area (Å²) in [5, 5.41) is 0. The first-order valence-electron chi connectivity index (χ1n) is 12.9. The minimum absolute atomic E-state index is 0.0946. The molecule has 0 bridgehead atoms. The molecule has 0 aliphatic carbocycles. The molecule has 1 rings (SSSR count). The molecular formula is C24H50BNO4. The standard InChI is InChI=1S/C24H50BNO4/c1-4-7-8-9-10-11-12-13-14-15-16-26-19-23(21-27-17-5-2)29-25-30-24(20-26)22-28-18-6-3/h23-25H,4-22H2,1-3H3. The van der Waals surface area contributed by atoms with Gasteiger partial charge in [0, 0.05) is 26.3 Å². The van der Waals surface area contributed by atoms with Crippen LogP contribution >= 0.6 is 0 Å². The highest BCUT2D eigenvalue weighted by Gasteiger charge is 2.23. The van der Waals surface area contributed by atoms with E-state index in [0.717, 1.165) is 45.7 Å². The molecule has 1 heterocycles. The van der Waals surface area contributed by atoms with Gasteiger partial charge in [0.25, 0.3) is 0 Å². The van der Waals surface area contributed by atoms with Crippen molar-refractivity contribution in [3.8, 4) is 0 Å². The summed E-state index contributed by atoms with van der Waals surface area (Å²) >= 11 is 0. The van der Waals surface area contributed by atoms with Crippen molar-refractivity contribution in [3.63, 3.8) is 0 Å². The van der Waals surface area contributed by atoms with Gasteiger partial charge in [-0.1, -0.05) is 78.6 Å². The largest absolute Gasteiger partial charge is 0.438 e. The predicted molar refractivity (Wildman–Crippen MR) is 127 cm³/mol. The second kappa shape index (κ2) is 20.8. The Balaban J connectivity index is 2.27. The summed E-state index contributed by atoms with van der Waals surface area (Å²) in [5.41, 5.74) is 0. The maximum atomic E-state index is 5.95. The van der Waals surface area contributed by atoms with Gasteiger partial charge in [-0.3, -0.25) is 4.90 Å². The molecule has 0 N–H and O–H groups in total. The minimum Gasteiger partial charge on any atom is -0.407 e. The van der Waals surface area contributed by atoms with Crippen molar-refractivity contribution in [2.24, 2.45) is 0 Å². The van der Waals surface area contributed by atoms with Crippen LogP contribution < -0.4 is 0 Å². The van der Waals surface area contributed by atoms with Crippen LogP contribution in [0.3, 0.4) is 0 Å². The molecule has 1 saturated heterocycles. The van der Waals surface area contributed by atoms with Crippen LogP contribution in [0.1, 0.15) is 97.8 Å². The third-order valence-electron chi connectivity index (χ3n) is 5.66. The molecule has 0 spiro atoms. The van der Waals surface area contributed by atoms with E-state index in [-0.39, 0.29) is 12.2 Å². The van der Waals surface area contributed by atoms with Gasteiger partial charge in [-0.25, -0.2) is 0 Å². The molecule has 1 aliphatic rings. The van der Waals surface area contributed by atoms with Crippen LogP contribution in [0.25, 0.3) is 0 Å². The fourth-order valence-electron chi connectivity index (χ4n) is 3.91. The van der Waals surface area contributed by atoms with Crippen molar-refractivity contribution in [2.45, 2.75) is 110 Å². The van der Waals surface area contributed by atoms with E-state index in [2.05, 4.69) is 25.7 Å². The number of unbranched alkanes of at least 4 members (excludes halogenated alkanes) is 9. The number of hydrogen-bond donors (Lipinski definition) is 0. The van der Waals surface area contributed by atoms with Gasteiger partial charge in [0.05, 0.1) is 25.4 Å². The highest BCUT2D eigenvalue weighted by atomic mass is 16.6. The fraction of sp³-hybridized carbons (Fsp3) is 1.00. The molecule has 1 fully saturated rings. The molecule has 0 aromatic rings. The lowest BCUT2D eigenvalue weighted by molar-refractivity contribution is -0.0320. The van der Waals surface area contributed by atoms with Gasteiger partial charge in [0.1, 0.15) is 0 Å². The number of nitrogens with zero attached hydrogens (tertiary/aromatic N) is 1. The lowest BCUT2D eigenvalue weighted by atomic mass is 10.1. The first-order valence-corrected chi connectivity index (χ1v) is 12.9. The Morgan fingerprint density at radius 1 is 0.667 bits per heavy atom. The lowest BCUT2D eigenvalue weighted by Gasteiger charge is -2.34. The Hall–Kier alpha value is -0.135. The maximum absolute atomic E-state index is 5.95. The number of ether oxygens (including phenoxy) is 2. The second-order valence-corrected chi connectivity index (χ2v) is 8.79. The topological polar surface area (TPSA) is 40.2 Å². The molecule has 0 aromatic carbocycles. The van der Waals surface area contributed by atoms with Gasteiger partial charge in [-0.15, -0.1) is 0 Å². The van der Waals surface area contributed by atoms with E-state index in [0.29, 0.717) is 20.9 Å². The van der Waals surface area contributed by atoms with Crippen LogP contribution in [0.2, 0.25) is 0 Å². The molecule has 30 heavy (non-hydrogen) atoms. The Bertz CT molecular complexity index is 342. The van der Waals surface area contributed by atoms with Crippen LogP contribution in [-0.2, 0) is 18.8 Å². The van der Waals surface area contributed by atoms with Gasteiger partial charge in [-0.2, -0.15) is 0 Å². The van der Waals surface area contributed by atoms with Crippen LogP contribution in [-0.4, -0.2) is 70.9 Å². The van der Waals surface area contributed by atoms with Gasteiger partial charge in [-0.05, 0) is 25.8 Å². The van der Waals surface area contributed by atoms with Crippen LogP contribution in [0, 0.1) is 0 Å². The van der Waals surface area contributed by atoms with Crippen molar-refractivity contribution in [1.29, 1.82) is 0 Å². The predicted octanol–water partition coefficient (Wildman–Crippen LogP) is 5.11. The van der Waals surface area contributed by atoms with E-state index in [9.17, 15) is 0 Å². The Morgan fingerprint density at radius 3 is 1.60 bits per heavy atom. The summed E-state index contributed by atoms with van der Waals surface area (Å²) in [6.45, 7) is 12.4. The van der Waals surface area contributed by atoms with Gasteiger partial charge >= 0.3 is 7.69 Å². The van der Waals surface area contributed by atoms with Gasteiger partial charge in [0.2, 0.25) is 0 Å². The molecule has 0 amide bonds. The van der Waals surface area contributed by atoms with Crippen LogP contribution in [0.15, 0.2) is 0 Å². The van der Waals surface area contributed by atoms with Gasteiger partial charge < -0.3 is 18.8 Å². The molecular weight excluding hydrogens is 377 g/mol. The average Bonchev–Trinajstić information content (AvgIpc) is 2.73. The zero-order valence-corrected chi connectivity index (χ0v) is 20.4. The molecule has 2 unspecified atom stereocenters. The SMILES string of the molecule is CCCCCCCCCCCCN1CC(COCCC)OBOC(COCCC)C1. The van der Waals surface area contributed by atoms with E-state index in [4.69, 9.17) is 18.8 Å². The van der Waals surface area contributed by atoms with Crippen molar-refractivity contribution in [3.05, 3.63) is 0 Å². The molecule has 178 valence electrons. The second-order valence-electron chi connectivity index (χ2n) is 8.79. The van der Waals surface area contributed by atoms with E-state index in [1.165, 1.54) is 64.2 Å². The van der Waals surface area contributed by atoms with Crippen molar-refractivity contribution >= 4 is 7.69 Å². The normalized spacial score (nSPS) is 20.6. The number of hydrogen-bond acceptors (Lipinski definition) is 5. The third kappa shape index (κ3) is 15.6. The van der Waals surface area contributed by atoms with Crippen molar-refractivity contribution in [2.75, 3.05) is 46.1 Å². The Kier molecular flexibility index (Phi) is 19.3. The molecule has 1 aliphatic heterocycles. The monoisotopic (exact) mass is 427 g/mol. The first kappa shape index (κ1) is 27.9. The summed E-state index contributed by atoms with van der Waals surface area (Å²) < 4.78 is 23.4. The highest BCUT2D eigenvalue weighted by Crippen LogP contribution is 2.13. The third-order valence-corrected chi connectivity index (χ3v) is 5.66. The van der Waals surface area contributed by atoms with E-state index >= 15 is 0 Å². The molecule has 6 heteroatoms. The smallest absolute Gasteiger partial charge is 0.407 e. The molecule has 0 aromatic heterocycles. The first-order chi connectivity index (χ1) is 14.8. The van der Waals surface area contributed by atoms with Crippen LogP contribution in [0.4, 0.5) is 0 Å². The maximum Gasteiger partial charge on any atom is 0.438 e. The Morgan fingerprint density at radius 2 is 1.13 bits per heavy atom. The van der Waals surface area contributed by atoms with E-state index in [1.807, 2.05) is 0 Å². The quantitative estimate of drug-likeness (QED) is 0.212. The zero-order valence-electron chi connectivity index (χ0n) is 20.4. The van der Waals surface area contributed by atoms with Crippen LogP contribution in [0.5, 0.6) is 0 Å². The molecule has 0 radical (unpaired) electrons. The summed E-state index contributed by atoms with van der Waals surface area (Å²) in [6, 6.07) is 0. The molecule has 2 atom stereocenters. The fourth-order valence-corrected chi connectivity index (χ4v) is 3.91. The molecule has 5 nitrogen and oxygen atoms in total. The minimum atomic E-state index is 0.0946. The average molecular weight is 427 g/mol. The summed E-state index contributed by atoms with van der Waals surface area (Å²) in [6.07, 6.45) is 16.0. The number of rotatable bonds is 19. The van der Waals surface area contributed by atoms with Crippen molar-refractivity contribution < 1.29 is 18.8 Å². The lowest BCUT2D eigenvalue weighted by Crippen LogP contribution is -2.47. The molecule has 0 saturated carbocycles. The van der Waals surface area contributed by atoms with E-state index in [1.54, 1.807) is 0 Å². The summed E-state index contributed by atoms with van der Waals surface area (Å²) in [5.74, 6) is 0. The van der Waals surface area contributed by atoms with E-state index < -0.39 is 0 Å². The zero-order chi connectivity index (χ0) is 21.7. The van der Waals surface area contributed by atoms with Gasteiger partial charge in [0.15, 0.2) is 0 Å². The Labute approximate surface area is 187 Å². The summed E-state index contributed by atoms with van der Waals surface area (Å²) in [4.78, 5) is 2.50. The summed E-state index contributed by atoms with van der Waals surface area (Å²) in [7, 11) is 0.340.